The molecule has 0 saturated carbocycles. The quantitative estimate of drug-likeness (QED) is 0.466. The van der Waals surface area contributed by atoms with Gasteiger partial charge in [0.2, 0.25) is 0 Å². The van der Waals surface area contributed by atoms with Gasteiger partial charge in [0.25, 0.3) is 5.69 Å². The lowest BCUT2D eigenvalue weighted by atomic mass is 10.2. The summed E-state index contributed by atoms with van der Waals surface area (Å²) >= 11 is 3.36. The number of aromatic nitrogens is 1. The van der Waals surface area contributed by atoms with E-state index in [1.54, 1.807) is 0 Å². The number of alkyl halides is 1. The molecule has 4 nitrogen and oxygen atoms in total. The highest BCUT2D eigenvalue weighted by atomic mass is 79.9. The Labute approximate surface area is 84.3 Å². The smallest absolute Gasteiger partial charge is 0.261 e. The Hall–Kier alpha value is -0.970. The summed E-state index contributed by atoms with van der Waals surface area (Å²) in [6.45, 7) is 1.97. The van der Waals surface area contributed by atoms with Gasteiger partial charge < -0.3 is 0 Å². The summed E-state index contributed by atoms with van der Waals surface area (Å²) in [6.07, 6.45) is 2.16. The van der Waals surface area contributed by atoms with Gasteiger partial charge in [-0.05, 0) is 0 Å². The minimum atomic E-state index is -0.413. The van der Waals surface area contributed by atoms with E-state index in [1.165, 1.54) is 18.3 Å². The van der Waals surface area contributed by atoms with E-state index in [0.29, 0.717) is 6.42 Å². The fourth-order valence-corrected chi connectivity index (χ4v) is 1.31. The lowest BCUT2D eigenvalue weighted by Crippen LogP contribution is -2.00. The van der Waals surface area contributed by atoms with Crippen LogP contribution in [0.2, 0.25) is 0 Å². The van der Waals surface area contributed by atoms with Crippen LogP contribution in [0.4, 0.5) is 5.69 Å². The van der Waals surface area contributed by atoms with E-state index < -0.39 is 4.92 Å². The van der Waals surface area contributed by atoms with Crippen LogP contribution in [0, 0.1) is 10.1 Å². The Morgan fingerprint density at radius 1 is 1.77 bits per heavy atom. The first kappa shape index (κ1) is 10.1. The number of nitrogens with zero attached hydrogens (tertiary/aromatic N) is 2. The van der Waals surface area contributed by atoms with Crippen molar-refractivity contribution in [3.05, 3.63) is 34.1 Å². The third-order valence-electron chi connectivity index (χ3n) is 1.50. The van der Waals surface area contributed by atoms with Crippen molar-refractivity contribution in [3.63, 3.8) is 0 Å². The highest BCUT2D eigenvalue weighted by Gasteiger charge is 2.07. The standard InChI is InChI=1S/C8H9BrN2O2/c1-6(9)4-7-5-8(11(12)13)2-3-10-7/h2-3,5-6H,4H2,1H3. The summed E-state index contributed by atoms with van der Waals surface area (Å²) in [5.41, 5.74) is 0.830. The molecule has 0 aromatic carbocycles. The second-order valence-electron chi connectivity index (χ2n) is 2.75. The second-order valence-corrected chi connectivity index (χ2v) is 4.31. The summed E-state index contributed by atoms with van der Waals surface area (Å²) in [6, 6.07) is 2.89. The summed E-state index contributed by atoms with van der Waals surface area (Å²) in [5, 5.41) is 10.4. The first-order valence-electron chi connectivity index (χ1n) is 3.83. The van der Waals surface area contributed by atoms with Crippen LogP contribution >= 0.6 is 15.9 Å². The molecule has 1 aromatic heterocycles. The first-order valence-corrected chi connectivity index (χ1v) is 4.74. The molecule has 0 bridgehead atoms. The van der Waals surface area contributed by atoms with E-state index in [0.717, 1.165) is 5.69 Å². The number of hydrogen-bond donors (Lipinski definition) is 0. The molecule has 0 N–H and O–H groups in total. The van der Waals surface area contributed by atoms with Crippen molar-refractivity contribution in [2.75, 3.05) is 0 Å². The molecule has 0 fully saturated rings. The Morgan fingerprint density at radius 3 is 3.00 bits per heavy atom. The predicted octanol–water partition coefficient (Wildman–Crippen LogP) is 2.32. The maximum Gasteiger partial charge on any atom is 0.272 e. The number of halogens is 1. The molecule has 0 radical (unpaired) electrons. The van der Waals surface area contributed by atoms with Crippen LogP contribution in [-0.2, 0) is 6.42 Å². The van der Waals surface area contributed by atoms with Crippen molar-refractivity contribution in [2.45, 2.75) is 18.2 Å². The van der Waals surface area contributed by atoms with Gasteiger partial charge in [0.05, 0.1) is 4.92 Å². The molecular weight excluding hydrogens is 236 g/mol. The van der Waals surface area contributed by atoms with E-state index in [1.807, 2.05) is 6.92 Å². The molecule has 0 spiro atoms. The predicted molar refractivity (Wildman–Crippen MR) is 53.0 cm³/mol. The second kappa shape index (κ2) is 4.32. The maximum absolute atomic E-state index is 10.4. The van der Waals surface area contributed by atoms with Gasteiger partial charge in [-0.15, -0.1) is 0 Å². The summed E-state index contributed by atoms with van der Waals surface area (Å²) < 4.78 is 0. The van der Waals surface area contributed by atoms with Gasteiger partial charge >= 0.3 is 0 Å². The van der Waals surface area contributed by atoms with Crippen molar-refractivity contribution >= 4 is 21.6 Å². The topological polar surface area (TPSA) is 56.0 Å². The molecule has 0 saturated heterocycles. The van der Waals surface area contributed by atoms with Crippen LogP contribution in [0.5, 0.6) is 0 Å². The van der Waals surface area contributed by atoms with E-state index in [4.69, 9.17) is 0 Å². The van der Waals surface area contributed by atoms with E-state index in [2.05, 4.69) is 20.9 Å². The van der Waals surface area contributed by atoms with Crippen molar-refractivity contribution in [2.24, 2.45) is 0 Å². The maximum atomic E-state index is 10.4. The Kier molecular flexibility index (Phi) is 3.36. The van der Waals surface area contributed by atoms with Crippen LogP contribution in [0.15, 0.2) is 18.3 Å². The van der Waals surface area contributed by atoms with Crippen molar-refractivity contribution in [3.8, 4) is 0 Å². The number of rotatable bonds is 3. The van der Waals surface area contributed by atoms with Crippen LogP contribution in [-0.4, -0.2) is 14.7 Å². The average Bonchev–Trinajstić information content (AvgIpc) is 2.03. The molecule has 0 amide bonds. The van der Waals surface area contributed by atoms with Gasteiger partial charge in [0.15, 0.2) is 0 Å². The summed E-state index contributed by atoms with van der Waals surface area (Å²) in [4.78, 5) is 14.3. The molecule has 1 atom stereocenters. The Bertz CT molecular complexity index is 315. The lowest BCUT2D eigenvalue weighted by Gasteiger charge is -2.01. The van der Waals surface area contributed by atoms with E-state index in [-0.39, 0.29) is 10.5 Å². The monoisotopic (exact) mass is 244 g/mol. The highest BCUT2D eigenvalue weighted by molar-refractivity contribution is 9.09. The van der Waals surface area contributed by atoms with Crippen molar-refractivity contribution in [1.29, 1.82) is 0 Å². The van der Waals surface area contributed by atoms with Crippen LogP contribution in [0.25, 0.3) is 0 Å². The van der Waals surface area contributed by atoms with Crippen LogP contribution in [0.3, 0.4) is 0 Å². The lowest BCUT2D eigenvalue weighted by molar-refractivity contribution is -0.385. The molecule has 0 aliphatic rings. The normalized spacial score (nSPS) is 12.5. The molecule has 5 heteroatoms. The van der Waals surface area contributed by atoms with Gasteiger partial charge in [-0.25, -0.2) is 0 Å². The van der Waals surface area contributed by atoms with Gasteiger partial charge in [-0.1, -0.05) is 22.9 Å². The minimum Gasteiger partial charge on any atom is -0.261 e. The van der Waals surface area contributed by atoms with Gasteiger partial charge in [-0.3, -0.25) is 15.1 Å². The fraction of sp³-hybridized carbons (Fsp3) is 0.375. The zero-order valence-electron chi connectivity index (χ0n) is 7.11. The number of pyridine rings is 1. The fourth-order valence-electron chi connectivity index (χ4n) is 0.979. The van der Waals surface area contributed by atoms with E-state index in [9.17, 15) is 10.1 Å². The first-order chi connectivity index (χ1) is 6.09. The molecule has 1 rings (SSSR count). The number of hydrogen-bond acceptors (Lipinski definition) is 3. The van der Waals surface area contributed by atoms with Crippen LogP contribution < -0.4 is 0 Å². The molecule has 0 aliphatic carbocycles. The average molecular weight is 245 g/mol. The van der Waals surface area contributed by atoms with E-state index >= 15 is 0 Å². The minimum absolute atomic E-state index is 0.0955. The zero-order valence-corrected chi connectivity index (χ0v) is 8.69. The molecule has 0 aliphatic heterocycles. The zero-order chi connectivity index (χ0) is 9.84. The van der Waals surface area contributed by atoms with Gasteiger partial charge in [0.1, 0.15) is 0 Å². The summed E-state index contributed by atoms with van der Waals surface area (Å²) in [5.74, 6) is 0. The third-order valence-corrected chi connectivity index (χ3v) is 1.83. The largest absolute Gasteiger partial charge is 0.272 e. The molecule has 70 valence electrons. The molecule has 1 unspecified atom stereocenters. The third kappa shape index (κ3) is 3.10. The van der Waals surface area contributed by atoms with Crippen LogP contribution in [0.1, 0.15) is 12.6 Å². The Balaban J connectivity index is 2.85. The van der Waals surface area contributed by atoms with Crippen molar-refractivity contribution < 1.29 is 4.92 Å². The highest BCUT2D eigenvalue weighted by Crippen LogP contribution is 2.13. The van der Waals surface area contributed by atoms with Gasteiger partial charge in [-0.2, -0.15) is 0 Å². The SMILES string of the molecule is CC(Br)Cc1cc([N+](=O)[O-])ccn1. The van der Waals surface area contributed by atoms with Gasteiger partial charge in [0, 0.05) is 35.3 Å². The Morgan fingerprint density at radius 2 is 2.46 bits per heavy atom. The summed E-state index contributed by atoms with van der Waals surface area (Å²) in [7, 11) is 0. The number of nitro groups is 1. The molecular formula is C8H9BrN2O2. The molecule has 1 aromatic rings. The molecule has 13 heavy (non-hydrogen) atoms. The molecule has 1 heterocycles. The van der Waals surface area contributed by atoms with Crippen molar-refractivity contribution in [1.82, 2.24) is 4.98 Å².